The molecule has 0 radical (unpaired) electrons. The first kappa shape index (κ1) is 19.3. The van der Waals surface area contributed by atoms with Gasteiger partial charge in [-0.2, -0.15) is 5.26 Å². The number of para-hydroxylation sites is 1. The zero-order valence-electron chi connectivity index (χ0n) is 15.7. The van der Waals surface area contributed by atoms with Gasteiger partial charge in [0.15, 0.2) is 5.56 Å². The third-order valence-electron chi connectivity index (χ3n) is 4.31. The molecule has 2 rings (SSSR count). The van der Waals surface area contributed by atoms with Crippen molar-refractivity contribution in [3.05, 3.63) is 56.2 Å². The van der Waals surface area contributed by atoms with E-state index in [2.05, 4.69) is 19.2 Å². The monoisotopic (exact) mass is 356 g/mol. The van der Waals surface area contributed by atoms with Gasteiger partial charge in [0.2, 0.25) is 0 Å². The second kappa shape index (κ2) is 7.91. The van der Waals surface area contributed by atoms with E-state index < -0.39 is 11.2 Å². The Hall–Kier alpha value is -3.01. The molecule has 138 valence electrons. The maximum absolute atomic E-state index is 12.3. The lowest BCUT2D eigenvalue weighted by molar-refractivity contribution is 0.402. The van der Waals surface area contributed by atoms with Crippen LogP contribution < -0.4 is 21.3 Å². The molecule has 7 nitrogen and oxygen atoms in total. The molecule has 0 aliphatic carbocycles. The van der Waals surface area contributed by atoms with Gasteiger partial charge in [-0.3, -0.25) is 13.9 Å². The summed E-state index contributed by atoms with van der Waals surface area (Å²) in [7, 11) is 4.50. The molecule has 1 N–H and O–H groups in total. The zero-order chi connectivity index (χ0) is 19.4. The highest BCUT2D eigenvalue weighted by Crippen LogP contribution is 2.32. The minimum atomic E-state index is -0.610. The van der Waals surface area contributed by atoms with Crippen molar-refractivity contribution in [2.45, 2.75) is 26.3 Å². The lowest BCUT2D eigenvalue weighted by atomic mass is 9.96. The Labute approximate surface area is 152 Å². The van der Waals surface area contributed by atoms with E-state index in [0.717, 1.165) is 16.6 Å². The van der Waals surface area contributed by atoms with E-state index in [4.69, 9.17) is 4.74 Å². The Morgan fingerprint density at radius 2 is 1.85 bits per heavy atom. The van der Waals surface area contributed by atoms with E-state index in [1.807, 2.05) is 30.3 Å². The lowest BCUT2D eigenvalue weighted by Crippen LogP contribution is -2.40. The summed E-state index contributed by atoms with van der Waals surface area (Å²) in [4.78, 5) is 24.6. The van der Waals surface area contributed by atoms with Crippen molar-refractivity contribution in [1.29, 1.82) is 5.26 Å². The van der Waals surface area contributed by atoms with Gasteiger partial charge in [0, 0.05) is 19.7 Å². The van der Waals surface area contributed by atoms with Crippen LogP contribution in [0.4, 0.5) is 5.82 Å². The molecule has 1 aromatic heterocycles. The summed E-state index contributed by atoms with van der Waals surface area (Å²) < 4.78 is 7.69. The number of aromatic nitrogens is 2. The average molecular weight is 356 g/mol. The Bertz CT molecular complexity index is 951. The molecule has 0 saturated carbocycles. The van der Waals surface area contributed by atoms with Gasteiger partial charge in [-0.05, 0) is 18.4 Å². The molecule has 0 fully saturated rings. The fraction of sp³-hybridized carbons (Fsp3) is 0.421. The first-order valence-corrected chi connectivity index (χ1v) is 8.41. The number of nitrogens with one attached hydrogen (secondary N) is 1. The van der Waals surface area contributed by atoms with Crippen molar-refractivity contribution in [1.82, 2.24) is 9.13 Å². The van der Waals surface area contributed by atoms with Gasteiger partial charge >= 0.3 is 5.69 Å². The summed E-state index contributed by atoms with van der Waals surface area (Å²) in [6.07, 6.45) is 0.731. The number of hydrogen-bond acceptors (Lipinski definition) is 5. The molecular formula is C19H24N4O3. The topological polar surface area (TPSA) is 89.1 Å². The van der Waals surface area contributed by atoms with E-state index in [-0.39, 0.29) is 17.4 Å². The fourth-order valence-electron chi connectivity index (χ4n) is 2.97. The Morgan fingerprint density at radius 1 is 1.19 bits per heavy atom. The number of rotatable bonds is 6. The second-order valence-corrected chi connectivity index (χ2v) is 6.61. The average Bonchev–Trinajstić information content (AvgIpc) is 2.63. The fourth-order valence-corrected chi connectivity index (χ4v) is 2.97. The van der Waals surface area contributed by atoms with Crippen LogP contribution in [-0.4, -0.2) is 16.2 Å². The molecule has 0 bridgehead atoms. The van der Waals surface area contributed by atoms with Crippen LogP contribution in [0.2, 0.25) is 0 Å². The molecule has 0 spiro atoms. The second-order valence-electron chi connectivity index (χ2n) is 6.61. The largest absolute Gasteiger partial charge is 0.496 e. The molecule has 1 aromatic carbocycles. The van der Waals surface area contributed by atoms with E-state index in [1.54, 1.807) is 14.2 Å². The number of benzene rings is 1. The highest BCUT2D eigenvalue weighted by molar-refractivity contribution is 5.53. The predicted molar refractivity (Wildman–Crippen MR) is 100 cm³/mol. The minimum Gasteiger partial charge on any atom is -0.496 e. The van der Waals surface area contributed by atoms with Gasteiger partial charge in [-0.15, -0.1) is 0 Å². The normalized spacial score (nSPS) is 11.9. The van der Waals surface area contributed by atoms with Gasteiger partial charge in [0.05, 0.1) is 13.2 Å². The number of hydrogen-bond donors (Lipinski definition) is 1. The van der Waals surface area contributed by atoms with Crippen molar-refractivity contribution in [3.63, 3.8) is 0 Å². The highest BCUT2D eigenvalue weighted by Gasteiger charge is 2.22. The standard InChI is InChI=1S/C19H24N4O3/c1-12(2)10-15(13-8-6-7-9-16(13)26-5)21-17-14(11-20)18(24)23(4)19(25)22(17)3/h6-9,12,15,21H,10H2,1-5H3. The molecule has 1 unspecified atom stereocenters. The van der Waals surface area contributed by atoms with Crippen molar-refractivity contribution in [2.75, 3.05) is 12.4 Å². The Morgan fingerprint density at radius 3 is 2.42 bits per heavy atom. The van der Waals surface area contributed by atoms with Crippen LogP contribution in [0, 0.1) is 17.2 Å². The van der Waals surface area contributed by atoms with Crippen LogP contribution in [0.25, 0.3) is 0 Å². The third-order valence-corrected chi connectivity index (χ3v) is 4.31. The summed E-state index contributed by atoms with van der Waals surface area (Å²) in [5.74, 6) is 1.27. The van der Waals surface area contributed by atoms with Crippen LogP contribution in [0.1, 0.15) is 37.4 Å². The van der Waals surface area contributed by atoms with Crippen LogP contribution in [-0.2, 0) is 14.1 Å². The highest BCUT2D eigenvalue weighted by atomic mass is 16.5. The summed E-state index contributed by atoms with van der Waals surface area (Å²) in [6, 6.07) is 9.28. The molecule has 7 heteroatoms. The maximum atomic E-state index is 12.3. The van der Waals surface area contributed by atoms with Crippen molar-refractivity contribution < 1.29 is 4.74 Å². The van der Waals surface area contributed by atoms with Crippen LogP contribution in [0.5, 0.6) is 5.75 Å². The molecular weight excluding hydrogens is 332 g/mol. The summed E-state index contributed by atoms with van der Waals surface area (Å²) >= 11 is 0. The van der Waals surface area contributed by atoms with Crippen molar-refractivity contribution in [3.8, 4) is 11.8 Å². The van der Waals surface area contributed by atoms with Gasteiger partial charge in [-0.25, -0.2) is 4.79 Å². The number of anilines is 1. The molecule has 0 aliphatic heterocycles. The molecule has 0 saturated heterocycles. The van der Waals surface area contributed by atoms with Crippen LogP contribution in [0.3, 0.4) is 0 Å². The molecule has 2 aromatic rings. The SMILES string of the molecule is COc1ccccc1C(CC(C)C)Nc1c(C#N)c(=O)n(C)c(=O)n1C. The zero-order valence-corrected chi connectivity index (χ0v) is 15.7. The lowest BCUT2D eigenvalue weighted by Gasteiger charge is -2.25. The smallest absolute Gasteiger partial charge is 0.332 e. The molecule has 1 atom stereocenters. The number of ether oxygens (including phenoxy) is 1. The predicted octanol–water partition coefficient (Wildman–Crippen LogP) is 2.16. The molecule has 0 amide bonds. The van der Waals surface area contributed by atoms with Crippen LogP contribution >= 0.6 is 0 Å². The van der Waals surface area contributed by atoms with E-state index >= 15 is 0 Å². The summed E-state index contributed by atoms with van der Waals surface area (Å²) in [5.41, 5.74) is -0.278. The number of nitriles is 1. The first-order valence-electron chi connectivity index (χ1n) is 8.41. The molecule has 0 aliphatic rings. The van der Waals surface area contributed by atoms with E-state index in [0.29, 0.717) is 11.7 Å². The quantitative estimate of drug-likeness (QED) is 0.857. The number of nitrogens with zero attached hydrogens (tertiary/aromatic N) is 3. The Kier molecular flexibility index (Phi) is 5.88. The summed E-state index contributed by atoms with van der Waals surface area (Å²) in [6.45, 7) is 4.16. The Balaban J connectivity index is 2.63. The van der Waals surface area contributed by atoms with Gasteiger partial charge in [0.1, 0.15) is 17.6 Å². The molecule has 1 heterocycles. The van der Waals surface area contributed by atoms with Gasteiger partial charge < -0.3 is 10.1 Å². The van der Waals surface area contributed by atoms with Gasteiger partial charge in [-0.1, -0.05) is 32.0 Å². The van der Waals surface area contributed by atoms with Gasteiger partial charge in [0.25, 0.3) is 5.56 Å². The number of methoxy groups -OCH3 is 1. The van der Waals surface area contributed by atoms with Crippen LogP contribution in [0.15, 0.2) is 33.9 Å². The first-order chi connectivity index (χ1) is 12.3. The van der Waals surface area contributed by atoms with Crippen molar-refractivity contribution >= 4 is 5.82 Å². The third kappa shape index (κ3) is 3.64. The summed E-state index contributed by atoms with van der Waals surface area (Å²) in [5, 5.41) is 12.7. The van der Waals surface area contributed by atoms with Crippen molar-refractivity contribution in [2.24, 2.45) is 20.0 Å². The van der Waals surface area contributed by atoms with E-state index in [1.165, 1.54) is 11.6 Å². The minimum absolute atomic E-state index is 0.0849. The van der Waals surface area contributed by atoms with E-state index in [9.17, 15) is 14.9 Å². The maximum Gasteiger partial charge on any atom is 0.332 e. The molecule has 26 heavy (non-hydrogen) atoms.